The summed E-state index contributed by atoms with van der Waals surface area (Å²) in [7, 11) is 5.25. The van der Waals surface area contributed by atoms with Gasteiger partial charge in [-0.25, -0.2) is 0 Å². The summed E-state index contributed by atoms with van der Waals surface area (Å²) in [5.41, 5.74) is 1.98. The number of hydrogen-bond donors (Lipinski definition) is 0. The van der Waals surface area contributed by atoms with Crippen molar-refractivity contribution < 1.29 is 9.47 Å². The maximum Gasteiger partial charge on any atom is 0.133 e. The van der Waals surface area contributed by atoms with Crippen LogP contribution in [0.2, 0.25) is 0 Å². The average molecular weight is 264 g/mol. The van der Waals surface area contributed by atoms with Crippen LogP contribution in [-0.4, -0.2) is 30.3 Å². The van der Waals surface area contributed by atoms with Gasteiger partial charge in [-0.05, 0) is 24.5 Å². The summed E-state index contributed by atoms with van der Waals surface area (Å²) in [5.74, 6) is 1.67. The monoisotopic (exact) mass is 264 g/mol. The topological polar surface area (TPSA) is 36.3 Å². The molecule has 0 aliphatic rings. The molecule has 0 N–H and O–H groups in total. The molecule has 96 valence electrons. The van der Waals surface area contributed by atoms with E-state index in [1.807, 2.05) is 36.2 Å². The number of hydrogen-bond acceptors (Lipinski definition) is 4. The van der Waals surface area contributed by atoms with Gasteiger partial charge in [0, 0.05) is 18.8 Å². The molecule has 2 aromatic rings. The fourth-order valence-electron chi connectivity index (χ4n) is 1.87. The summed E-state index contributed by atoms with van der Waals surface area (Å²) in [6.07, 6.45) is 3.78. The largest absolute Gasteiger partial charge is 0.496 e. The van der Waals surface area contributed by atoms with E-state index in [-0.39, 0.29) is 0 Å². The number of aryl methyl sites for hydroxylation is 1. The van der Waals surface area contributed by atoms with E-state index in [0.717, 1.165) is 27.7 Å². The highest BCUT2D eigenvalue weighted by molar-refractivity contribution is 7.98. The fraction of sp³-hybridized carbons (Fsp3) is 0.308. The third kappa shape index (κ3) is 2.18. The van der Waals surface area contributed by atoms with Crippen molar-refractivity contribution in [2.75, 3.05) is 20.5 Å². The van der Waals surface area contributed by atoms with Gasteiger partial charge in [0.15, 0.2) is 0 Å². The van der Waals surface area contributed by atoms with Crippen LogP contribution in [0.3, 0.4) is 0 Å². The zero-order valence-electron chi connectivity index (χ0n) is 10.9. The van der Waals surface area contributed by atoms with Crippen LogP contribution in [-0.2, 0) is 7.05 Å². The maximum atomic E-state index is 5.46. The lowest BCUT2D eigenvalue weighted by Crippen LogP contribution is -1.97. The Morgan fingerprint density at radius 2 is 1.89 bits per heavy atom. The van der Waals surface area contributed by atoms with E-state index < -0.39 is 0 Å². The van der Waals surface area contributed by atoms with Crippen molar-refractivity contribution in [3.63, 3.8) is 0 Å². The van der Waals surface area contributed by atoms with Gasteiger partial charge in [0.1, 0.15) is 11.5 Å². The Morgan fingerprint density at radius 3 is 2.39 bits per heavy atom. The molecule has 0 aliphatic carbocycles. The Bertz CT molecular complexity index is 552. The summed E-state index contributed by atoms with van der Waals surface area (Å²) in [6.45, 7) is 0. The first kappa shape index (κ1) is 12.8. The molecule has 0 aliphatic heterocycles. The van der Waals surface area contributed by atoms with Crippen LogP contribution in [0.4, 0.5) is 0 Å². The molecule has 1 heterocycles. The highest BCUT2D eigenvalue weighted by Gasteiger charge is 2.14. The van der Waals surface area contributed by atoms with Crippen molar-refractivity contribution in [2.24, 2.45) is 7.05 Å². The van der Waals surface area contributed by atoms with Crippen LogP contribution in [0.5, 0.6) is 11.5 Å². The summed E-state index contributed by atoms with van der Waals surface area (Å²) in [6, 6.07) is 5.93. The second-order valence-electron chi connectivity index (χ2n) is 3.75. The molecule has 0 atom stereocenters. The van der Waals surface area contributed by atoms with E-state index in [9.17, 15) is 0 Å². The van der Waals surface area contributed by atoms with Crippen LogP contribution in [0.15, 0.2) is 29.3 Å². The molecule has 4 nitrogen and oxygen atoms in total. The molecule has 0 amide bonds. The fourth-order valence-corrected chi connectivity index (χ4v) is 2.44. The minimum atomic E-state index is 0.823. The maximum absolute atomic E-state index is 5.46. The van der Waals surface area contributed by atoms with Crippen molar-refractivity contribution in [1.29, 1.82) is 0 Å². The third-order valence-corrected chi connectivity index (χ3v) is 3.56. The van der Waals surface area contributed by atoms with Gasteiger partial charge in [0.25, 0.3) is 0 Å². The van der Waals surface area contributed by atoms with Crippen molar-refractivity contribution in [3.8, 4) is 22.8 Å². The molecule has 0 radical (unpaired) electrons. The minimum Gasteiger partial charge on any atom is -0.496 e. The molecule has 5 heteroatoms. The lowest BCUT2D eigenvalue weighted by molar-refractivity contribution is 0.395. The third-order valence-electron chi connectivity index (χ3n) is 2.80. The van der Waals surface area contributed by atoms with E-state index >= 15 is 0 Å². The number of ether oxygens (including phenoxy) is 2. The average Bonchev–Trinajstić information content (AvgIpc) is 2.83. The summed E-state index contributed by atoms with van der Waals surface area (Å²) in [4.78, 5) is 1.06. The van der Waals surface area contributed by atoms with E-state index in [4.69, 9.17) is 9.47 Å². The highest BCUT2D eigenvalue weighted by Crippen LogP contribution is 2.39. The van der Waals surface area contributed by atoms with Crippen LogP contribution in [0.25, 0.3) is 11.3 Å². The number of thioether (sulfide) groups is 1. The Morgan fingerprint density at radius 1 is 1.17 bits per heavy atom. The predicted octanol–water partition coefficient (Wildman–Crippen LogP) is 2.83. The van der Waals surface area contributed by atoms with Crippen LogP contribution >= 0.6 is 11.8 Å². The summed E-state index contributed by atoms with van der Waals surface area (Å²) < 4.78 is 12.7. The van der Waals surface area contributed by atoms with Gasteiger partial charge >= 0.3 is 0 Å². The van der Waals surface area contributed by atoms with Gasteiger partial charge in [-0.3, -0.25) is 4.68 Å². The van der Waals surface area contributed by atoms with Crippen molar-refractivity contribution in [3.05, 3.63) is 24.4 Å². The normalized spacial score (nSPS) is 10.4. The van der Waals surface area contributed by atoms with E-state index in [0.29, 0.717) is 0 Å². The van der Waals surface area contributed by atoms with Crippen LogP contribution in [0, 0.1) is 0 Å². The van der Waals surface area contributed by atoms with Crippen LogP contribution in [0.1, 0.15) is 0 Å². The molecule has 1 aromatic carbocycles. The highest BCUT2D eigenvalue weighted by atomic mass is 32.2. The Hall–Kier alpha value is -1.62. The first-order valence-electron chi connectivity index (χ1n) is 5.49. The molecular formula is C13H16N2O2S. The lowest BCUT2D eigenvalue weighted by Gasteiger charge is -2.13. The van der Waals surface area contributed by atoms with Gasteiger partial charge < -0.3 is 9.47 Å². The first-order chi connectivity index (χ1) is 8.71. The zero-order chi connectivity index (χ0) is 13.1. The van der Waals surface area contributed by atoms with Gasteiger partial charge in [0.05, 0.1) is 24.8 Å². The standard InChI is InChI=1S/C13H16N2O2S/c1-15-10(5-6-14-15)9-7-12(17-3)13(18-4)8-11(9)16-2/h5-8H,1-4H3. The van der Waals surface area contributed by atoms with Gasteiger partial charge in [-0.1, -0.05) is 0 Å². The van der Waals surface area contributed by atoms with Crippen molar-refractivity contribution >= 4 is 11.8 Å². The Balaban J connectivity index is 2.62. The first-order valence-corrected chi connectivity index (χ1v) is 6.72. The molecule has 0 unspecified atom stereocenters. The SMILES string of the molecule is COc1cc(-c2ccnn2C)c(OC)cc1SC. The molecule has 0 spiro atoms. The van der Waals surface area contributed by atoms with Crippen LogP contribution < -0.4 is 9.47 Å². The second kappa shape index (κ2) is 5.35. The van der Waals surface area contributed by atoms with E-state index in [2.05, 4.69) is 5.10 Å². The quantitative estimate of drug-likeness (QED) is 0.796. The molecule has 0 saturated heterocycles. The smallest absolute Gasteiger partial charge is 0.133 e. The van der Waals surface area contributed by atoms with E-state index in [1.165, 1.54) is 0 Å². The molecule has 0 bridgehead atoms. The Kier molecular flexibility index (Phi) is 3.81. The molecule has 0 fully saturated rings. The number of aromatic nitrogens is 2. The van der Waals surface area contributed by atoms with Gasteiger partial charge in [-0.2, -0.15) is 5.10 Å². The van der Waals surface area contributed by atoms with Gasteiger partial charge in [0.2, 0.25) is 0 Å². The Labute approximate surface area is 111 Å². The van der Waals surface area contributed by atoms with Crippen molar-refractivity contribution in [1.82, 2.24) is 9.78 Å². The number of nitrogens with zero attached hydrogens (tertiary/aromatic N) is 2. The summed E-state index contributed by atoms with van der Waals surface area (Å²) >= 11 is 1.63. The molecule has 2 rings (SSSR count). The number of benzene rings is 1. The molecule has 0 saturated carbocycles. The van der Waals surface area contributed by atoms with Gasteiger partial charge in [-0.15, -0.1) is 11.8 Å². The zero-order valence-corrected chi connectivity index (χ0v) is 11.7. The lowest BCUT2D eigenvalue weighted by atomic mass is 10.1. The van der Waals surface area contributed by atoms with Crippen molar-refractivity contribution in [2.45, 2.75) is 4.90 Å². The minimum absolute atomic E-state index is 0.823. The molecular weight excluding hydrogens is 248 g/mol. The summed E-state index contributed by atoms with van der Waals surface area (Å²) in [5, 5.41) is 4.18. The molecule has 18 heavy (non-hydrogen) atoms. The predicted molar refractivity (Wildman–Crippen MR) is 73.5 cm³/mol. The molecule has 1 aromatic heterocycles. The second-order valence-corrected chi connectivity index (χ2v) is 4.60. The van der Waals surface area contributed by atoms with E-state index in [1.54, 1.807) is 32.2 Å². The number of rotatable bonds is 4. The number of methoxy groups -OCH3 is 2.